The summed E-state index contributed by atoms with van der Waals surface area (Å²) in [6.07, 6.45) is 0.934. The lowest BCUT2D eigenvalue weighted by Crippen LogP contribution is -2.35. The molecule has 0 aliphatic rings. The molecule has 0 aromatic heterocycles. The van der Waals surface area contributed by atoms with E-state index in [9.17, 15) is 4.79 Å². The summed E-state index contributed by atoms with van der Waals surface area (Å²) >= 11 is 0. The van der Waals surface area contributed by atoms with Crippen LogP contribution in [0, 0.1) is 0 Å². The zero-order valence-electron chi connectivity index (χ0n) is 8.63. The fraction of sp³-hybridized carbons (Fsp3) is 0.889. The summed E-state index contributed by atoms with van der Waals surface area (Å²) in [6, 6.07) is 0.221. The van der Waals surface area contributed by atoms with Gasteiger partial charge < -0.3 is 14.8 Å². The van der Waals surface area contributed by atoms with Crippen molar-refractivity contribution in [3.05, 3.63) is 0 Å². The van der Waals surface area contributed by atoms with Crippen LogP contribution in [-0.4, -0.2) is 38.9 Å². The van der Waals surface area contributed by atoms with Gasteiger partial charge in [0.1, 0.15) is 6.61 Å². The quantitative estimate of drug-likeness (QED) is 0.595. The summed E-state index contributed by atoms with van der Waals surface area (Å²) in [6.45, 7) is 5.10. The van der Waals surface area contributed by atoms with E-state index in [1.807, 2.05) is 13.8 Å². The first-order valence-electron chi connectivity index (χ1n) is 4.56. The molecule has 4 nitrogen and oxygen atoms in total. The van der Waals surface area contributed by atoms with Crippen molar-refractivity contribution in [2.75, 3.05) is 26.9 Å². The monoisotopic (exact) mass is 189 g/mol. The molecule has 0 aromatic carbocycles. The summed E-state index contributed by atoms with van der Waals surface area (Å²) in [5.41, 5.74) is 0. The van der Waals surface area contributed by atoms with Crippen molar-refractivity contribution in [3.63, 3.8) is 0 Å². The highest BCUT2D eigenvalue weighted by Gasteiger charge is 2.04. The van der Waals surface area contributed by atoms with Crippen molar-refractivity contribution in [2.24, 2.45) is 0 Å². The van der Waals surface area contributed by atoms with Crippen molar-refractivity contribution < 1.29 is 14.3 Å². The number of carbonyl (C=O) groups excluding carboxylic acids is 1. The van der Waals surface area contributed by atoms with Gasteiger partial charge in [0.05, 0.1) is 13.2 Å². The second-order valence-corrected chi connectivity index (χ2v) is 2.92. The van der Waals surface area contributed by atoms with Crippen molar-refractivity contribution in [3.8, 4) is 0 Å². The number of carbonyl (C=O) groups is 1. The smallest absolute Gasteiger partial charge is 0.246 e. The maximum absolute atomic E-state index is 11.1. The van der Waals surface area contributed by atoms with Gasteiger partial charge in [-0.3, -0.25) is 4.79 Å². The molecule has 1 amide bonds. The van der Waals surface area contributed by atoms with Crippen LogP contribution in [-0.2, 0) is 14.3 Å². The number of ether oxygens (including phenoxy) is 2. The molecule has 0 bridgehead atoms. The second-order valence-electron chi connectivity index (χ2n) is 2.92. The number of hydrogen-bond acceptors (Lipinski definition) is 3. The molecular formula is C9H19NO3. The predicted molar refractivity (Wildman–Crippen MR) is 50.6 cm³/mol. The fourth-order valence-corrected chi connectivity index (χ4v) is 0.726. The molecule has 0 saturated carbocycles. The van der Waals surface area contributed by atoms with Gasteiger partial charge >= 0.3 is 0 Å². The minimum Gasteiger partial charge on any atom is -0.382 e. The molecule has 0 saturated heterocycles. The average molecular weight is 189 g/mol. The van der Waals surface area contributed by atoms with E-state index in [2.05, 4.69) is 5.32 Å². The first-order valence-corrected chi connectivity index (χ1v) is 4.56. The molecule has 0 spiro atoms. The van der Waals surface area contributed by atoms with Crippen LogP contribution < -0.4 is 5.32 Å². The van der Waals surface area contributed by atoms with Gasteiger partial charge in [0.25, 0.3) is 0 Å². The average Bonchev–Trinajstić information content (AvgIpc) is 2.12. The Balaban J connectivity index is 3.30. The Morgan fingerprint density at radius 2 is 2.15 bits per heavy atom. The molecule has 1 atom stereocenters. The van der Waals surface area contributed by atoms with Gasteiger partial charge in [-0.2, -0.15) is 0 Å². The first kappa shape index (κ1) is 12.4. The van der Waals surface area contributed by atoms with Crippen LogP contribution in [0.4, 0.5) is 0 Å². The number of methoxy groups -OCH3 is 1. The summed E-state index contributed by atoms with van der Waals surface area (Å²) in [5.74, 6) is -0.0644. The molecule has 0 aromatic rings. The van der Waals surface area contributed by atoms with E-state index in [0.29, 0.717) is 13.2 Å². The lowest BCUT2D eigenvalue weighted by atomic mass is 10.2. The van der Waals surface area contributed by atoms with Crippen molar-refractivity contribution in [1.82, 2.24) is 5.32 Å². The molecule has 0 radical (unpaired) electrons. The van der Waals surface area contributed by atoms with E-state index < -0.39 is 0 Å². The summed E-state index contributed by atoms with van der Waals surface area (Å²) in [7, 11) is 1.60. The number of rotatable bonds is 7. The first-order chi connectivity index (χ1) is 6.20. The van der Waals surface area contributed by atoms with Crippen LogP contribution in [0.25, 0.3) is 0 Å². The Hall–Kier alpha value is -0.610. The van der Waals surface area contributed by atoms with Gasteiger partial charge in [-0.05, 0) is 13.3 Å². The normalized spacial score (nSPS) is 12.5. The third-order valence-electron chi connectivity index (χ3n) is 1.68. The van der Waals surface area contributed by atoms with E-state index in [1.165, 1.54) is 0 Å². The zero-order valence-corrected chi connectivity index (χ0v) is 8.63. The predicted octanol–water partition coefficient (Wildman–Crippen LogP) is 0.564. The van der Waals surface area contributed by atoms with Crippen LogP contribution in [0.3, 0.4) is 0 Å². The SMILES string of the molecule is CCC(C)NC(=O)COCCOC. The zero-order chi connectivity index (χ0) is 10.1. The van der Waals surface area contributed by atoms with Gasteiger partial charge in [-0.15, -0.1) is 0 Å². The van der Waals surface area contributed by atoms with Crippen LogP contribution in [0.15, 0.2) is 0 Å². The molecule has 1 N–H and O–H groups in total. The molecule has 0 fully saturated rings. The molecule has 0 aliphatic carbocycles. The standard InChI is InChI=1S/C9H19NO3/c1-4-8(2)10-9(11)7-13-6-5-12-3/h8H,4-7H2,1-3H3,(H,10,11). The number of amides is 1. The molecule has 0 heterocycles. The van der Waals surface area contributed by atoms with Crippen LogP contribution in [0.2, 0.25) is 0 Å². The van der Waals surface area contributed by atoms with Crippen molar-refractivity contribution in [2.45, 2.75) is 26.3 Å². The Labute approximate surface area is 79.6 Å². The van der Waals surface area contributed by atoms with E-state index in [1.54, 1.807) is 7.11 Å². The Morgan fingerprint density at radius 1 is 1.46 bits per heavy atom. The maximum atomic E-state index is 11.1. The van der Waals surface area contributed by atoms with E-state index in [0.717, 1.165) is 6.42 Å². The van der Waals surface area contributed by atoms with E-state index >= 15 is 0 Å². The molecule has 0 rings (SSSR count). The molecular weight excluding hydrogens is 170 g/mol. The van der Waals surface area contributed by atoms with E-state index in [4.69, 9.17) is 9.47 Å². The van der Waals surface area contributed by atoms with Crippen molar-refractivity contribution in [1.29, 1.82) is 0 Å². The second kappa shape index (κ2) is 8.01. The third kappa shape index (κ3) is 7.74. The maximum Gasteiger partial charge on any atom is 0.246 e. The minimum absolute atomic E-state index is 0.0644. The molecule has 78 valence electrons. The highest BCUT2D eigenvalue weighted by atomic mass is 16.5. The van der Waals surface area contributed by atoms with Crippen LogP contribution >= 0.6 is 0 Å². The van der Waals surface area contributed by atoms with Gasteiger partial charge in [0, 0.05) is 13.2 Å². The molecule has 0 aliphatic heterocycles. The summed E-state index contributed by atoms with van der Waals surface area (Å²) < 4.78 is 9.81. The number of hydrogen-bond donors (Lipinski definition) is 1. The Bertz CT molecular complexity index is 139. The number of nitrogens with one attached hydrogen (secondary N) is 1. The third-order valence-corrected chi connectivity index (χ3v) is 1.68. The van der Waals surface area contributed by atoms with Crippen LogP contribution in [0.1, 0.15) is 20.3 Å². The Kier molecular flexibility index (Phi) is 7.63. The Morgan fingerprint density at radius 3 is 2.69 bits per heavy atom. The van der Waals surface area contributed by atoms with Gasteiger partial charge in [-0.25, -0.2) is 0 Å². The topological polar surface area (TPSA) is 47.6 Å². The van der Waals surface area contributed by atoms with E-state index in [-0.39, 0.29) is 18.6 Å². The largest absolute Gasteiger partial charge is 0.382 e. The summed E-state index contributed by atoms with van der Waals surface area (Å²) in [4.78, 5) is 11.1. The lowest BCUT2D eigenvalue weighted by Gasteiger charge is -2.11. The summed E-state index contributed by atoms with van der Waals surface area (Å²) in [5, 5.41) is 2.80. The highest BCUT2D eigenvalue weighted by Crippen LogP contribution is 1.87. The molecule has 13 heavy (non-hydrogen) atoms. The van der Waals surface area contributed by atoms with Gasteiger partial charge in [0.2, 0.25) is 5.91 Å². The minimum atomic E-state index is -0.0644. The van der Waals surface area contributed by atoms with Gasteiger partial charge in [0.15, 0.2) is 0 Å². The van der Waals surface area contributed by atoms with Crippen LogP contribution in [0.5, 0.6) is 0 Å². The molecule has 4 heteroatoms. The van der Waals surface area contributed by atoms with Gasteiger partial charge in [-0.1, -0.05) is 6.92 Å². The highest BCUT2D eigenvalue weighted by molar-refractivity contribution is 5.77. The lowest BCUT2D eigenvalue weighted by molar-refractivity contribution is -0.126. The molecule has 1 unspecified atom stereocenters. The fourth-order valence-electron chi connectivity index (χ4n) is 0.726. The van der Waals surface area contributed by atoms with Crippen molar-refractivity contribution >= 4 is 5.91 Å².